The van der Waals surface area contributed by atoms with Gasteiger partial charge in [0.1, 0.15) is 5.75 Å². The van der Waals surface area contributed by atoms with Gasteiger partial charge in [0.2, 0.25) is 0 Å². The first-order chi connectivity index (χ1) is 13.8. The predicted octanol–water partition coefficient (Wildman–Crippen LogP) is 4.40. The van der Waals surface area contributed by atoms with E-state index in [1.807, 2.05) is 24.3 Å². The van der Waals surface area contributed by atoms with E-state index in [2.05, 4.69) is 5.32 Å². The molecule has 1 N–H and O–H groups in total. The fraction of sp³-hybridized carbons (Fsp3) is 0.381. The van der Waals surface area contributed by atoms with Crippen LogP contribution < -0.4 is 10.1 Å². The molecule has 29 heavy (non-hydrogen) atoms. The Morgan fingerprint density at radius 3 is 2.76 bits per heavy atom. The van der Waals surface area contributed by atoms with Crippen LogP contribution in [0.15, 0.2) is 30.3 Å². The van der Waals surface area contributed by atoms with Crippen molar-refractivity contribution < 1.29 is 22.7 Å². The van der Waals surface area contributed by atoms with Crippen LogP contribution in [-0.2, 0) is 17.6 Å². The molecule has 0 aromatic heterocycles. The molecule has 1 amide bonds. The first-order valence-electron chi connectivity index (χ1n) is 9.40. The number of amides is 1. The molecule has 0 saturated carbocycles. The predicted molar refractivity (Wildman–Crippen MR) is 105 cm³/mol. The highest BCUT2D eigenvalue weighted by Crippen LogP contribution is 2.40. The first kappa shape index (κ1) is 19.9. The van der Waals surface area contributed by atoms with Crippen LogP contribution in [0, 0.1) is 0 Å². The van der Waals surface area contributed by atoms with Crippen molar-refractivity contribution in [2.45, 2.75) is 24.9 Å². The second kappa shape index (κ2) is 7.44. The van der Waals surface area contributed by atoms with E-state index in [1.54, 1.807) is 13.1 Å². The van der Waals surface area contributed by atoms with Crippen LogP contribution in [-0.4, -0.2) is 43.7 Å². The van der Waals surface area contributed by atoms with Gasteiger partial charge in [0.05, 0.1) is 17.3 Å². The number of fused-ring (bicyclic) bond motifs is 2. The number of hydrogen-bond donors (Lipinski definition) is 1. The molecule has 2 heterocycles. The van der Waals surface area contributed by atoms with Gasteiger partial charge in [-0.05, 0) is 40.8 Å². The van der Waals surface area contributed by atoms with Crippen LogP contribution in [0.1, 0.15) is 28.2 Å². The van der Waals surface area contributed by atoms with Crippen LogP contribution >= 0.6 is 11.6 Å². The summed E-state index contributed by atoms with van der Waals surface area (Å²) >= 11 is 6.32. The van der Waals surface area contributed by atoms with E-state index in [9.17, 15) is 18.0 Å². The molecular formula is C21H20ClF3N2O2. The third-order valence-electron chi connectivity index (χ3n) is 5.60. The Kier molecular flexibility index (Phi) is 5.11. The van der Waals surface area contributed by atoms with Crippen LogP contribution in [0.3, 0.4) is 0 Å². The lowest BCUT2D eigenvalue weighted by atomic mass is 9.86. The minimum Gasteiger partial charge on any atom is -0.493 e. The molecule has 0 radical (unpaired) electrons. The Morgan fingerprint density at radius 1 is 1.24 bits per heavy atom. The molecule has 2 aromatic carbocycles. The molecule has 4 nitrogen and oxygen atoms in total. The summed E-state index contributed by atoms with van der Waals surface area (Å²) in [5.41, 5.74) is 4.32. The quantitative estimate of drug-likeness (QED) is 0.777. The van der Waals surface area contributed by atoms with Gasteiger partial charge in [-0.3, -0.25) is 4.79 Å². The molecule has 0 aliphatic carbocycles. The number of anilines is 1. The van der Waals surface area contributed by atoms with Crippen molar-refractivity contribution in [3.05, 3.63) is 57.6 Å². The molecule has 0 fully saturated rings. The number of nitrogens with one attached hydrogen (secondary N) is 1. The molecule has 154 valence electrons. The molecule has 2 aliphatic rings. The van der Waals surface area contributed by atoms with Gasteiger partial charge in [0.25, 0.3) is 0 Å². The average Bonchev–Trinajstić information content (AvgIpc) is 3.07. The Morgan fingerprint density at radius 2 is 2.03 bits per heavy atom. The van der Waals surface area contributed by atoms with Crippen molar-refractivity contribution in [1.82, 2.24) is 4.90 Å². The summed E-state index contributed by atoms with van der Waals surface area (Å²) in [6.07, 6.45) is -3.86. The van der Waals surface area contributed by atoms with E-state index in [0.717, 1.165) is 39.3 Å². The van der Waals surface area contributed by atoms with Gasteiger partial charge in [-0.15, -0.1) is 0 Å². The summed E-state index contributed by atoms with van der Waals surface area (Å²) in [6, 6.07) is 9.30. The highest BCUT2D eigenvalue weighted by atomic mass is 35.5. The van der Waals surface area contributed by atoms with Gasteiger partial charge in [-0.25, -0.2) is 0 Å². The van der Waals surface area contributed by atoms with E-state index in [-0.39, 0.29) is 13.1 Å². The van der Waals surface area contributed by atoms with Crippen molar-refractivity contribution in [3.63, 3.8) is 0 Å². The summed E-state index contributed by atoms with van der Waals surface area (Å²) < 4.78 is 45.1. The minimum absolute atomic E-state index is 0.0229. The number of hydrogen-bond acceptors (Lipinski definition) is 3. The summed E-state index contributed by atoms with van der Waals surface area (Å²) in [5.74, 6) is -1.40. The zero-order chi connectivity index (χ0) is 20.8. The Labute approximate surface area is 171 Å². The molecule has 4 rings (SSSR count). The molecular weight excluding hydrogens is 405 g/mol. The molecule has 2 aromatic rings. The first-order valence-corrected chi connectivity index (χ1v) is 9.78. The maximum atomic E-state index is 13.2. The standard InChI is InChI=1S/C21H20ClF3N2O2/c1-26-19-15-6-8-27(20(28)21(23,24)25)11-16(14(15)3-4-17(19)22)12-2-5-18-13(10-12)7-9-29-18/h2-5,10,16,26H,6-9,11H2,1H3. The van der Waals surface area contributed by atoms with Gasteiger partial charge < -0.3 is 15.0 Å². The SMILES string of the molecule is CNc1c(Cl)ccc2c1CCN(C(=O)C(F)(F)F)CC2c1ccc2c(c1)CCO2. The van der Waals surface area contributed by atoms with Crippen molar-refractivity contribution in [3.8, 4) is 5.75 Å². The molecule has 2 aliphatic heterocycles. The number of ether oxygens (including phenoxy) is 1. The van der Waals surface area contributed by atoms with Crippen molar-refractivity contribution in [2.24, 2.45) is 0 Å². The van der Waals surface area contributed by atoms with Crippen LogP contribution in [0.5, 0.6) is 5.75 Å². The van der Waals surface area contributed by atoms with Crippen molar-refractivity contribution in [2.75, 3.05) is 32.1 Å². The lowest BCUT2D eigenvalue weighted by Crippen LogP contribution is -2.43. The number of carbonyl (C=O) groups excluding carboxylic acids is 1. The van der Waals surface area contributed by atoms with E-state index in [1.165, 1.54) is 0 Å². The minimum atomic E-state index is -4.91. The molecule has 0 bridgehead atoms. The normalized spacial score (nSPS) is 18.5. The summed E-state index contributed by atoms with van der Waals surface area (Å²) in [5, 5.41) is 3.56. The Balaban J connectivity index is 1.82. The van der Waals surface area contributed by atoms with Gasteiger partial charge in [0, 0.05) is 32.5 Å². The third-order valence-corrected chi connectivity index (χ3v) is 5.92. The molecule has 0 spiro atoms. The third kappa shape index (κ3) is 3.64. The second-order valence-corrected chi connectivity index (χ2v) is 7.66. The molecule has 1 unspecified atom stereocenters. The van der Waals surface area contributed by atoms with E-state index in [0.29, 0.717) is 23.7 Å². The monoisotopic (exact) mass is 424 g/mol. The maximum Gasteiger partial charge on any atom is 0.471 e. The molecule has 0 saturated heterocycles. The smallest absolute Gasteiger partial charge is 0.471 e. The van der Waals surface area contributed by atoms with Crippen LogP contribution in [0.4, 0.5) is 18.9 Å². The molecule has 1 atom stereocenters. The summed E-state index contributed by atoms with van der Waals surface area (Å²) in [6.45, 7) is 0.527. The number of carbonyl (C=O) groups is 1. The van der Waals surface area contributed by atoms with E-state index in [4.69, 9.17) is 16.3 Å². The summed E-state index contributed by atoms with van der Waals surface area (Å²) in [7, 11) is 1.73. The number of halogens is 4. The lowest BCUT2D eigenvalue weighted by molar-refractivity contribution is -0.185. The van der Waals surface area contributed by atoms with E-state index >= 15 is 0 Å². The Hall–Kier alpha value is -2.41. The van der Waals surface area contributed by atoms with Gasteiger partial charge in [0.15, 0.2) is 0 Å². The number of nitrogens with zero attached hydrogens (tertiary/aromatic N) is 1. The highest BCUT2D eigenvalue weighted by Gasteiger charge is 2.44. The summed E-state index contributed by atoms with van der Waals surface area (Å²) in [4.78, 5) is 13.0. The van der Waals surface area contributed by atoms with Gasteiger partial charge in [-0.2, -0.15) is 13.2 Å². The molecule has 8 heteroatoms. The highest BCUT2D eigenvalue weighted by molar-refractivity contribution is 6.33. The average molecular weight is 425 g/mol. The number of benzene rings is 2. The zero-order valence-corrected chi connectivity index (χ0v) is 16.5. The van der Waals surface area contributed by atoms with Crippen molar-refractivity contribution in [1.29, 1.82) is 0 Å². The van der Waals surface area contributed by atoms with E-state index < -0.39 is 18.0 Å². The maximum absolute atomic E-state index is 13.2. The van der Waals surface area contributed by atoms with Crippen molar-refractivity contribution >= 4 is 23.2 Å². The fourth-order valence-corrected chi connectivity index (χ4v) is 4.50. The van der Waals surface area contributed by atoms with Crippen LogP contribution in [0.25, 0.3) is 0 Å². The number of rotatable bonds is 2. The van der Waals surface area contributed by atoms with Gasteiger partial charge >= 0.3 is 12.1 Å². The lowest BCUT2D eigenvalue weighted by Gasteiger charge is -2.26. The van der Waals surface area contributed by atoms with Gasteiger partial charge in [-0.1, -0.05) is 29.8 Å². The zero-order valence-electron chi connectivity index (χ0n) is 15.8. The topological polar surface area (TPSA) is 41.6 Å². The Bertz CT molecular complexity index is 962. The fourth-order valence-electron chi connectivity index (χ4n) is 4.23. The van der Waals surface area contributed by atoms with Crippen LogP contribution in [0.2, 0.25) is 5.02 Å². The number of alkyl halides is 3. The second-order valence-electron chi connectivity index (χ2n) is 7.26. The largest absolute Gasteiger partial charge is 0.493 e.